The van der Waals surface area contributed by atoms with Crippen LogP contribution in [0.5, 0.6) is 0 Å². The van der Waals surface area contributed by atoms with Gasteiger partial charge in [0.15, 0.2) is 0 Å². The highest BCUT2D eigenvalue weighted by atomic mass is 14.9. The van der Waals surface area contributed by atoms with Gasteiger partial charge in [0.2, 0.25) is 0 Å². The monoisotopic (exact) mass is 429 g/mol. The van der Waals surface area contributed by atoms with Crippen LogP contribution in [0, 0.1) is 12.3 Å². The Kier molecular flexibility index (Phi) is 3.47. The highest BCUT2D eigenvalue weighted by molar-refractivity contribution is 6.31. The summed E-state index contributed by atoms with van der Waals surface area (Å²) >= 11 is 0. The van der Waals surface area contributed by atoms with Gasteiger partial charge < -0.3 is 4.40 Å². The van der Waals surface area contributed by atoms with E-state index >= 15 is 0 Å². The molecule has 0 spiro atoms. The molecule has 4 heterocycles. The van der Waals surface area contributed by atoms with Crippen LogP contribution in [0.1, 0.15) is 32.2 Å². The lowest BCUT2D eigenvalue weighted by Crippen LogP contribution is -2.09. The van der Waals surface area contributed by atoms with Gasteiger partial charge in [0.05, 0.1) is 38.5 Å². The summed E-state index contributed by atoms with van der Waals surface area (Å²) in [6, 6.07) is 15.4. The number of rotatable bonds is 1. The standard InChI is InChI=1S/C28H23N5/c1-15-29-13-17-11-19-26-24-20(30-14-31-26)9-16(12-28(2,3)4)10-22(24)33-21-8-6-5-7-18(21)23(27(19)33)25(17)32-15/h5-11,13-14H,12H2,1-4H3. The molecular weight excluding hydrogens is 406 g/mol. The maximum atomic E-state index is 4.88. The molecule has 7 aromatic rings. The summed E-state index contributed by atoms with van der Waals surface area (Å²) in [6.45, 7) is 8.79. The van der Waals surface area contributed by atoms with Crippen LogP contribution in [-0.2, 0) is 6.42 Å². The number of aryl methyl sites for hydroxylation is 1. The number of benzene rings is 3. The molecule has 0 saturated carbocycles. The average Bonchev–Trinajstić information content (AvgIpc) is 3.12. The van der Waals surface area contributed by atoms with Crippen molar-refractivity contribution >= 4 is 60.0 Å². The summed E-state index contributed by atoms with van der Waals surface area (Å²) in [7, 11) is 0. The molecule has 5 heteroatoms. The first kappa shape index (κ1) is 18.7. The summed E-state index contributed by atoms with van der Waals surface area (Å²) in [5.41, 5.74) is 7.96. The second-order valence-electron chi connectivity index (χ2n) is 10.3. The minimum Gasteiger partial charge on any atom is -0.308 e. The first-order valence-electron chi connectivity index (χ1n) is 11.4. The lowest BCUT2D eigenvalue weighted by Gasteiger charge is -2.20. The Balaban J connectivity index is 1.83. The van der Waals surface area contributed by atoms with E-state index in [9.17, 15) is 0 Å². The largest absolute Gasteiger partial charge is 0.308 e. The maximum Gasteiger partial charge on any atom is 0.125 e. The summed E-state index contributed by atoms with van der Waals surface area (Å²) < 4.78 is 2.40. The molecule has 0 N–H and O–H groups in total. The highest BCUT2D eigenvalue weighted by Gasteiger charge is 2.22. The predicted molar refractivity (Wildman–Crippen MR) is 135 cm³/mol. The first-order chi connectivity index (χ1) is 15.9. The molecular formula is C28H23N5. The Morgan fingerprint density at radius 2 is 1.70 bits per heavy atom. The number of pyridine rings is 1. The molecule has 0 unspecified atom stereocenters. The van der Waals surface area contributed by atoms with E-state index in [0.717, 1.165) is 50.5 Å². The quantitative estimate of drug-likeness (QED) is 0.217. The van der Waals surface area contributed by atoms with Crippen LogP contribution in [0.15, 0.2) is 55.0 Å². The zero-order chi connectivity index (χ0) is 22.5. The Hall–Kier alpha value is -3.86. The van der Waals surface area contributed by atoms with E-state index in [4.69, 9.17) is 15.0 Å². The zero-order valence-electron chi connectivity index (χ0n) is 19.1. The summed E-state index contributed by atoms with van der Waals surface area (Å²) in [6.07, 6.45) is 4.61. The molecule has 4 aromatic heterocycles. The summed E-state index contributed by atoms with van der Waals surface area (Å²) in [5.74, 6) is 0.780. The number of hydrogen-bond acceptors (Lipinski definition) is 4. The number of fused-ring (bicyclic) bond motifs is 7. The molecule has 3 aromatic carbocycles. The fourth-order valence-corrected chi connectivity index (χ4v) is 5.50. The van der Waals surface area contributed by atoms with Gasteiger partial charge in [-0.1, -0.05) is 39.0 Å². The van der Waals surface area contributed by atoms with Crippen molar-refractivity contribution in [2.45, 2.75) is 34.1 Å². The third-order valence-electron chi connectivity index (χ3n) is 6.61. The van der Waals surface area contributed by atoms with Crippen molar-refractivity contribution < 1.29 is 0 Å². The van der Waals surface area contributed by atoms with Crippen LogP contribution in [0.25, 0.3) is 60.0 Å². The molecule has 0 fully saturated rings. The van der Waals surface area contributed by atoms with Crippen LogP contribution >= 0.6 is 0 Å². The molecule has 0 bridgehead atoms. The molecule has 0 aliphatic heterocycles. The third kappa shape index (κ3) is 2.53. The number of nitrogens with zero attached hydrogens (tertiary/aromatic N) is 5. The van der Waals surface area contributed by atoms with Gasteiger partial charge in [0.1, 0.15) is 12.2 Å². The molecule has 7 rings (SSSR count). The second-order valence-corrected chi connectivity index (χ2v) is 10.3. The lowest BCUT2D eigenvalue weighted by molar-refractivity contribution is 0.411. The molecule has 5 nitrogen and oxygen atoms in total. The van der Waals surface area contributed by atoms with Crippen LogP contribution in [-0.4, -0.2) is 24.3 Å². The van der Waals surface area contributed by atoms with Gasteiger partial charge >= 0.3 is 0 Å². The second kappa shape index (κ2) is 6.13. The molecule has 0 amide bonds. The minimum atomic E-state index is 0.182. The van der Waals surface area contributed by atoms with Gasteiger partial charge in [-0.2, -0.15) is 0 Å². The van der Waals surface area contributed by atoms with Crippen LogP contribution in [0.4, 0.5) is 0 Å². The molecule has 0 atom stereocenters. The molecule has 0 saturated heterocycles. The van der Waals surface area contributed by atoms with E-state index in [2.05, 4.69) is 72.6 Å². The molecule has 160 valence electrons. The minimum absolute atomic E-state index is 0.182. The lowest BCUT2D eigenvalue weighted by atomic mass is 9.87. The molecule has 33 heavy (non-hydrogen) atoms. The normalized spacial score (nSPS) is 13.0. The van der Waals surface area contributed by atoms with Crippen molar-refractivity contribution in [2.24, 2.45) is 5.41 Å². The third-order valence-corrected chi connectivity index (χ3v) is 6.61. The topological polar surface area (TPSA) is 56.0 Å². The van der Waals surface area contributed by atoms with E-state index in [1.165, 1.54) is 27.4 Å². The Bertz CT molecular complexity index is 1890. The van der Waals surface area contributed by atoms with Gasteiger partial charge in [0, 0.05) is 27.7 Å². The van der Waals surface area contributed by atoms with Crippen molar-refractivity contribution in [1.82, 2.24) is 24.3 Å². The van der Waals surface area contributed by atoms with Crippen molar-refractivity contribution in [1.29, 1.82) is 0 Å². The fraction of sp³-hybridized carbons (Fsp3) is 0.214. The summed E-state index contributed by atoms with van der Waals surface area (Å²) in [5, 5.41) is 5.63. The smallest absolute Gasteiger partial charge is 0.125 e. The highest BCUT2D eigenvalue weighted by Crippen LogP contribution is 2.42. The maximum absolute atomic E-state index is 4.88. The Labute approximate surface area is 190 Å². The van der Waals surface area contributed by atoms with Gasteiger partial charge in [-0.05, 0) is 48.6 Å². The van der Waals surface area contributed by atoms with Gasteiger partial charge in [-0.25, -0.2) is 19.9 Å². The zero-order valence-corrected chi connectivity index (χ0v) is 19.1. The fourth-order valence-electron chi connectivity index (χ4n) is 5.50. The molecule has 0 aliphatic rings. The Morgan fingerprint density at radius 1 is 0.848 bits per heavy atom. The van der Waals surface area contributed by atoms with Crippen molar-refractivity contribution in [2.75, 3.05) is 0 Å². The van der Waals surface area contributed by atoms with Crippen LogP contribution in [0.2, 0.25) is 0 Å². The van der Waals surface area contributed by atoms with Gasteiger partial charge in [-0.3, -0.25) is 0 Å². The first-order valence-corrected chi connectivity index (χ1v) is 11.4. The number of aromatic nitrogens is 5. The van der Waals surface area contributed by atoms with Crippen LogP contribution < -0.4 is 0 Å². The SMILES string of the molecule is Cc1ncc2cc3c4ncnc5cc(CC(C)(C)C)cc(c54)n4c5ccccc5c(c2n1)c34. The van der Waals surface area contributed by atoms with Crippen LogP contribution in [0.3, 0.4) is 0 Å². The van der Waals surface area contributed by atoms with Crippen molar-refractivity contribution in [3.8, 4) is 0 Å². The molecule has 0 aliphatic carbocycles. The summed E-state index contributed by atoms with van der Waals surface area (Å²) in [4.78, 5) is 18.9. The van der Waals surface area contributed by atoms with Gasteiger partial charge in [0.25, 0.3) is 0 Å². The van der Waals surface area contributed by atoms with E-state index in [-0.39, 0.29) is 5.41 Å². The average molecular weight is 430 g/mol. The van der Waals surface area contributed by atoms with Crippen molar-refractivity contribution in [3.63, 3.8) is 0 Å². The number of para-hydroxylation sites is 1. The van der Waals surface area contributed by atoms with E-state index < -0.39 is 0 Å². The van der Waals surface area contributed by atoms with E-state index in [1.54, 1.807) is 6.33 Å². The predicted octanol–water partition coefficient (Wildman–Crippen LogP) is 6.62. The Morgan fingerprint density at radius 3 is 2.55 bits per heavy atom. The van der Waals surface area contributed by atoms with E-state index in [1.807, 2.05) is 13.1 Å². The van der Waals surface area contributed by atoms with E-state index in [0.29, 0.717) is 0 Å². The molecule has 0 radical (unpaired) electrons. The van der Waals surface area contributed by atoms with Crippen molar-refractivity contribution in [3.05, 3.63) is 66.4 Å². The van der Waals surface area contributed by atoms with Gasteiger partial charge in [-0.15, -0.1) is 0 Å². The number of hydrogen-bond donors (Lipinski definition) is 0.